The molecule has 2 saturated heterocycles. The van der Waals surface area contributed by atoms with Gasteiger partial charge in [-0.15, -0.1) is 12.4 Å². The third-order valence-electron chi connectivity index (χ3n) is 4.20. The molecule has 8 heteroatoms. The Kier molecular flexibility index (Phi) is 4.67. The van der Waals surface area contributed by atoms with Crippen molar-refractivity contribution in [2.45, 2.75) is 6.18 Å². The summed E-state index contributed by atoms with van der Waals surface area (Å²) in [4.78, 5) is 13.8. The number of fused-ring (bicyclic) bond motifs is 1. The molecular weight excluding hydrogens is 324 g/mol. The van der Waals surface area contributed by atoms with E-state index in [2.05, 4.69) is 5.32 Å². The van der Waals surface area contributed by atoms with Crippen LogP contribution in [0.15, 0.2) is 18.2 Å². The summed E-state index contributed by atoms with van der Waals surface area (Å²) >= 11 is 0. The van der Waals surface area contributed by atoms with E-state index in [0.29, 0.717) is 37.1 Å². The minimum Gasteiger partial charge on any atom is -0.338 e. The maximum atomic E-state index is 13.2. The van der Waals surface area contributed by atoms with Crippen LogP contribution in [0.1, 0.15) is 15.9 Å². The molecule has 0 spiro atoms. The molecule has 3 nitrogen and oxygen atoms in total. The monoisotopic (exact) mass is 338 g/mol. The van der Waals surface area contributed by atoms with Gasteiger partial charge in [-0.1, -0.05) is 0 Å². The number of carbonyl (C=O) groups excluding carboxylic acids is 1. The molecule has 2 fully saturated rings. The van der Waals surface area contributed by atoms with Gasteiger partial charge < -0.3 is 10.2 Å². The molecule has 0 saturated carbocycles. The van der Waals surface area contributed by atoms with Gasteiger partial charge in [-0.2, -0.15) is 13.2 Å². The van der Waals surface area contributed by atoms with Crippen molar-refractivity contribution >= 4 is 18.3 Å². The number of alkyl halides is 3. The summed E-state index contributed by atoms with van der Waals surface area (Å²) in [6.45, 7) is 2.72. The average molecular weight is 339 g/mol. The third kappa shape index (κ3) is 3.05. The van der Waals surface area contributed by atoms with Gasteiger partial charge in [-0.25, -0.2) is 4.39 Å². The van der Waals surface area contributed by atoms with Gasteiger partial charge in [0.05, 0.1) is 5.56 Å². The van der Waals surface area contributed by atoms with Crippen LogP contribution in [0.25, 0.3) is 0 Å². The maximum absolute atomic E-state index is 13.2. The van der Waals surface area contributed by atoms with Crippen LogP contribution >= 0.6 is 12.4 Å². The molecule has 0 unspecified atom stereocenters. The van der Waals surface area contributed by atoms with E-state index in [9.17, 15) is 22.4 Å². The second-order valence-electron chi connectivity index (χ2n) is 5.58. The Balaban J connectivity index is 0.00000176. The lowest BCUT2D eigenvalue weighted by Gasteiger charge is -2.18. The Morgan fingerprint density at radius 2 is 1.77 bits per heavy atom. The van der Waals surface area contributed by atoms with Gasteiger partial charge in [0.15, 0.2) is 0 Å². The van der Waals surface area contributed by atoms with Gasteiger partial charge in [0.25, 0.3) is 5.91 Å². The van der Waals surface area contributed by atoms with E-state index in [1.165, 1.54) is 0 Å². The Morgan fingerprint density at radius 3 is 2.32 bits per heavy atom. The highest BCUT2D eigenvalue weighted by molar-refractivity contribution is 5.94. The first kappa shape index (κ1) is 17.0. The minimum atomic E-state index is -4.80. The summed E-state index contributed by atoms with van der Waals surface area (Å²) < 4.78 is 51.3. The molecular formula is C14H15ClF4N2O. The van der Waals surface area contributed by atoms with Crippen molar-refractivity contribution in [1.29, 1.82) is 0 Å². The van der Waals surface area contributed by atoms with Gasteiger partial charge in [0.1, 0.15) is 5.82 Å². The number of benzene rings is 1. The number of hydrogen-bond donors (Lipinski definition) is 1. The second-order valence-corrected chi connectivity index (χ2v) is 5.58. The molecule has 122 valence electrons. The van der Waals surface area contributed by atoms with E-state index >= 15 is 0 Å². The number of rotatable bonds is 1. The zero-order valence-corrected chi connectivity index (χ0v) is 12.3. The maximum Gasteiger partial charge on any atom is 0.419 e. The van der Waals surface area contributed by atoms with Crippen LogP contribution in [0.4, 0.5) is 17.6 Å². The lowest BCUT2D eigenvalue weighted by atomic mass is 10.0. The summed E-state index contributed by atoms with van der Waals surface area (Å²) in [5.41, 5.74) is -1.51. The summed E-state index contributed by atoms with van der Waals surface area (Å²) in [6, 6.07) is 2.41. The van der Waals surface area contributed by atoms with Crippen molar-refractivity contribution in [3.8, 4) is 0 Å². The van der Waals surface area contributed by atoms with Crippen molar-refractivity contribution in [3.63, 3.8) is 0 Å². The third-order valence-corrected chi connectivity index (χ3v) is 4.20. The molecule has 22 heavy (non-hydrogen) atoms. The minimum absolute atomic E-state index is 0. The van der Waals surface area contributed by atoms with E-state index in [1.807, 2.05) is 0 Å². The second kappa shape index (κ2) is 6.04. The smallest absolute Gasteiger partial charge is 0.338 e. The van der Waals surface area contributed by atoms with Crippen molar-refractivity contribution in [2.75, 3.05) is 26.2 Å². The van der Waals surface area contributed by atoms with Crippen LogP contribution in [0.2, 0.25) is 0 Å². The Bertz CT molecular complexity index is 566. The molecule has 1 aromatic rings. The Morgan fingerprint density at radius 1 is 1.18 bits per heavy atom. The van der Waals surface area contributed by atoms with Gasteiger partial charge in [-0.3, -0.25) is 4.79 Å². The number of nitrogens with one attached hydrogen (secondary N) is 1. The van der Waals surface area contributed by atoms with Crippen LogP contribution in [-0.2, 0) is 6.18 Å². The van der Waals surface area contributed by atoms with Crippen molar-refractivity contribution in [3.05, 3.63) is 35.1 Å². The van der Waals surface area contributed by atoms with Gasteiger partial charge in [0.2, 0.25) is 0 Å². The summed E-state index contributed by atoms with van der Waals surface area (Å²) in [5, 5.41) is 3.22. The topological polar surface area (TPSA) is 32.3 Å². The zero-order chi connectivity index (χ0) is 15.2. The molecule has 0 aromatic heterocycles. The first-order chi connectivity index (χ1) is 9.86. The van der Waals surface area contributed by atoms with Crippen LogP contribution in [0.3, 0.4) is 0 Å². The molecule has 2 atom stereocenters. The van der Waals surface area contributed by atoms with Gasteiger partial charge >= 0.3 is 6.18 Å². The van der Waals surface area contributed by atoms with Crippen molar-refractivity contribution in [1.82, 2.24) is 10.2 Å². The molecule has 1 N–H and O–H groups in total. The highest BCUT2D eigenvalue weighted by Crippen LogP contribution is 2.33. The van der Waals surface area contributed by atoms with Crippen LogP contribution in [-0.4, -0.2) is 37.0 Å². The number of halogens is 5. The van der Waals surface area contributed by atoms with Crippen LogP contribution < -0.4 is 5.32 Å². The zero-order valence-electron chi connectivity index (χ0n) is 11.5. The lowest BCUT2D eigenvalue weighted by Crippen LogP contribution is -2.32. The molecule has 0 radical (unpaired) electrons. The van der Waals surface area contributed by atoms with E-state index in [1.54, 1.807) is 4.90 Å². The standard InChI is InChI=1S/C14H14F4N2O.ClH/c15-12-2-1-8(3-11(12)14(16,17)18)13(21)20-6-9-4-19-5-10(9)7-20;/h1-3,9-10,19H,4-7H2;1H/t9-,10+;. The predicted molar refractivity (Wildman–Crippen MR) is 74.4 cm³/mol. The summed E-state index contributed by atoms with van der Waals surface area (Å²) in [5.74, 6) is -1.11. The van der Waals surface area contributed by atoms with Crippen molar-refractivity contribution in [2.24, 2.45) is 11.8 Å². The number of nitrogens with zero attached hydrogens (tertiary/aromatic N) is 1. The lowest BCUT2D eigenvalue weighted by molar-refractivity contribution is -0.140. The first-order valence-electron chi connectivity index (χ1n) is 6.73. The molecule has 1 aromatic carbocycles. The molecule has 0 aliphatic carbocycles. The van der Waals surface area contributed by atoms with E-state index in [-0.39, 0.29) is 18.0 Å². The molecule has 2 aliphatic rings. The van der Waals surface area contributed by atoms with E-state index in [0.717, 1.165) is 19.2 Å². The van der Waals surface area contributed by atoms with Gasteiger partial charge in [0, 0.05) is 31.7 Å². The van der Waals surface area contributed by atoms with Crippen LogP contribution in [0.5, 0.6) is 0 Å². The van der Waals surface area contributed by atoms with E-state index < -0.39 is 23.5 Å². The predicted octanol–water partition coefficient (Wildman–Crippen LogP) is 2.56. The normalized spacial score (nSPS) is 24.1. The Hall–Kier alpha value is -1.34. The summed E-state index contributed by atoms with van der Waals surface area (Å²) in [6.07, 6.45) is -4.80. The number of amides is 1. The quantitative estimate of drug-likeness (QED) is 0.798. The highest BCUT2D eigenvalue weighted by Gasteiger charge is 2.39. The molecule has 1 amide bonds. The number of carbonyl (C=O) groups is 1. The van der Waals surface area contributed by atoms with Gasteiger partial charge in [-0.05, 0) is 30.0 Å². The average Bonchev–Trinajstić information content (AvgIpc) is 2.97. The fraction of sp³-hybridized carbons (Fsp3) is 0.500. The highest BCUT2D eigenvalue weighted by atomic mass is 35.5. The molecule has 3 rings (SSSR count). The summed E-state index contributed by atoms with van der Waals surface area (Å²) in [7, 11) is 0. The fourth-order valence-corrected chi connectivity index (χ4v) is 3.08. The Labute approximate surface area is 131 Å². The molecule has 2 heterocycles. The molecule has 0 bridgehead atoms. The number of hydrogen-bond acceptors (Lipinski definition) is 2. The van der Waals surface area contributed by atoms with Crippen LogP contribution in [0, 0.1) is 17.7 Å². The first-order valence-corrected chi connectivity index (χ1v) is 6.73. The van der Waals surface area contributed by atoms with E-state index in [4.69, 9.17) is 0 Å². The largest absolute Gasteiger partial charge is 0.419 e. The molecule has 2 aliphatic heterocycles. The van der Waals surface area contributed by atoms with Crippen molar-refractivity contribution < 1.29 is 22.4 Å². The SMILES string of the molecule is Cl.O=C(c1ccc(F)c(C(F)(F)F)c1)N1C[C@H]2CNC[C@H]2C1. The number of likely N-dealkylation sites (tertiary alicyclic amines) is 1. The fourth-order valence-electron chi connectivity index (χ4n) is 3.08.